The van der Waals surface area contributed by atoms with Gasteiger partial charge < -0.3 is 14.8 Å². The van der Waals surface area contributed by atoms with Crippen molar-refractivity contribution in [3.63, 3.8) is 0 Å². The molecule has 0 aromatic rings. The van der Waals surface area contributed by atoms with E-state index in [1.54, 1.807) is 7.11 Å². The summed E-state index contributed by atoms with van der Waals surface area (Å²) in [5, 5.41) is 3.60. The van der Waals surface area contributed by atoms with Crippen LogP contribution in [0.2, 0.25) is 0 Å². The van der Waals surface area contributed by atoms with Gasteiger partial charge in [0.15, 0.2) is 0 Å². The van der Waals surface area contributed by atoms with Gasteiger partial charge in [-0.1, -0.05) is 6.92 Å². The van der Waals surface area contributed by atoms with Gasteiger partial charge in [0.05, 0.1) is 0 Å². The highest BCUT2D eigenvalue weighted by Gasteiger charge is 2.22. The molecule has 1 heterocycles. The molecule has 90 valence electrons. The summed E-state index contributed by atoms with van der Waals surface area (Å²) in [6.07, 6.45) is 4.81. The fourth-order valence-corrected chi connectivity index (χ4v) is 2.33. The first kappa shape index (κ1) is 12.9. The maximum Gasteiger partial charge on any atom is 0.0469 e. The molecule has 1 rings (SSSR count). The molecule has 1 saturated heterocycles. The molecule has 1 aliphatic heterocycles. The molecular formula is C12H25NO2. The lowest BCUT2D eigenvalue weighted by Gasteiger charge is -2.31. The minimum absolute atomic E-state index is 0.661. The van der Waals surface area contributed by atoms with Gasteiger partial charge in [-0.15, -0.1) is 0 Å². The van der Waals surface area contributed by atoms with Crippen LogP contribution in [0.5, 0.6) is 0 Å². The second-order valence-corrected chi connectivity index (χ2v) is 4.25. The molecule has 0 aromatic carbocycles. The molecule has 3 nitrogen and oxygen atoms in total. The quantitative estimate of drug-likeness (QED) is 0.657. The molecule has 1 aliphatic rings. The van der Waals surface area contributed by atoms with Gasteiger partial charge in [0.2, 0.25) is 0 Å². The summed E-state index contributed by atoms with van der Waals surface area (Å²) in [7, 11) is 1.77. The van der Waals surface area contributed by atoms with Crippen molar-refractivity contribution in [2.75, 3.05) is 33.5 Å². The maximum atomic E-state index is 5.40. The van der Waals surface area contributed by atoms with E-state index in [9.17, 15) is 0 Å². The van der Waals surface area contributed by atoms with E-state index in [0.29, 0.717) is 6.04 Å². The highest BCUT2D eigenvalue weighted by molar-refractivity contribution is 4.78. The second kappa shape index (κ2) is 8.08. The van der Waals surface area contributed by atoms with Gasteiger partial charge in [-0.25, -0.2) is 0 Å². The van der Waals surface area contributed by atoms with Crippen LogP contribution in [0.25, 0.3) is 0 Å². The Hall–Kier alpha value is -0.120. The van der Waals surface area contributed by atoms with E-state index in [0.717, 1.165) is 38.7 Å². The van der Waals surface area contributed by atoms with Crippen molar-refractivity contribution in [3.05, 3.63) is 0 Å². The van der Waals surface area contributed by atoms with Crippen LogP contribution in [0.15, 0.2) is 0 Å². The van der Waals surface area contributed by atoms with Crippen LogP contribution in [-0.4, -0.2) is 39.5 Å². The van der Waals surface area contributed by atoms with E-state index in [2.05, 4.69) is 12.2 Å². The van der Waals surface area contributed by atoms with Gasteiger partial charge in [-0.2, -0.15) is 0 Å². The smallest absolute Gasteiger partial charge is 0.0469 e. The van der Waals surface area contributed by atoms with E-state index >= 15 is 0 Å². The molecule has 1 fully saturated rings. The molecule has 0 amide bonds. The van der Waals surface area contributed by atoms with Gasteiger partial charge in [-0.05, 0) is 38.1 Å². The molecule has 15 heavy (non-hydrogen) atoms. The first-order chi connectivity index (χ1) is 7.38. The molecule has 1 N–H and O–H groups in total. The fraction of sp³-hybridized carbons (Fsp3) is 1.00. The van der Waals surface area contributed by atoms with Crippen molar-refractivity contribution in [2.45, 2.75) is 38.6 Å². The van der Waals surface area contributed by atoms with Crippen LogP contribution in [0.3, 0.4) is 0 Å². The third kappa shape index (κ3) is 4.96. The maximum absolute atomic E-state index is 5.40. The Kier molecular flexibility index (Phi) is 6.98. The van der Waals surface area contributed by atoms with Gasteiger partial charge in [-0.3, -0.25) is 0 Å². The summed E-state index contributed by atoms with van der Waals surface area (Å²) < 4.78 is 10.5. The van der Waals surface area contributed by atoms with E-state index < -0.39 is 0 Å². The molecule has 1 atom stereocenters. The Morgan fingerprint density at radius 2 is 2.13 bits per heavy atom. The average Bonchev–Trinajstić information content (AvgIpc) is 2.29. The number of methoxy groups -OCH3 is 1. The predicted molar refractivity (Wildman–Crippen MR) is 62.1 cm³/mol. The lowest BCUT2D eigenvalue weighted by atomic mass is 9.89. The first-order valence-electron chi connectivity index (χ1n) is 6.18. The lowest BCUT2D eigenvalue weighted by Crippen LogP contribution is -2.39. The zero-order chi connectivity index (χ0) is 10.9. The van der Waals surface area contributed by atoms with Crippen LogP contribution in [0.4, 0.5) is 0 Å². The van der Waals surface area contributed by atoms with Gasteiger partial charge in [0, 0.05) is 33.0 Å². The fourth-order valence-electron chi connectivity index (χ4n) is 2.33. The third-order valence-corrected chi connectivity index (χ3v) is 3.16. The zero-order valence-corrected chi connectivity index (χ0v) is 10.1. The molecule has 0 radical (unpaired) electrons. The molecule has 0 spiro atoms. The van der Waals surface area contributed by atoms with Crippen LogP contribution in [-0.2, 0) is 9.47 Å². The Bertz CT molecular complexity index is 147. The van der Waals surface area contributed by atoms with E-state index in [4.69, 9.17) is 9.47 Å². The minimum atomic E-state index is 0.661. The summed E-state index contributed by atoms with van der Waals surface area (Å²) >= 11 is 0. The minimum Gasteiger partial charge on any atom is -0.385 e. The number of nitrogens with one attached hydrogen (secondary N) is 1. The zero-order valence-electron chi connectivity index (χ0n) is 10.1. The summed E-state index contributed by atoms with van der Waals surface area (Å²) in [5.74, 6) is 0.801. The van der Waals surface area contributed by atoms with E-state index in [-0.39, 0.29) is 0 Å². The van der Waals surface area contributed by atoms with Gasteiger partial charge in [0.25, 0.3) is 0 Å². The van der Waals surface area contributed by atoms with Crippen molar-refractivity contribution >= 4 is 0 Å². The van der Waals surface area contributed by atoms with Gasteiger partial charge >= 0.3 is 0 Å². The highest BCUT2D eigenvalue weighted by Crippen LogP contribution is 2.21. The lowest BCUT2D eigenvalue weighted by molar-refractivity contribution is 0.0513. The Balaban J connectivity index is 2.26. The van der Waals surface area contributed by atoms with E-state index in [1.165, 1.54) is 19.3 Å². The largest absolute Gasteiger partial charge is 0.385 e. The molecular weight excluding hydrogens is 190 g/mol. The molecule has 0 aromatic heterocycles. The average molecular weight is 215 g/mol. The number of hydrogen-bond acceptors (Lipinski definition) is 3. The first-order valence-corrected chi connectivity index (χ1v) is 6.18. The molecule has 1 unspecified atom stereocenters. The standard InChI is InChI=1S/C12H25NO2/c1-3-13-12(5-4-8-14-2)11-6-9-15-10-7-11/h11-13H,3-10H2,1-2H3. The summed E-state index contributed by atoms with van der Waals surface area (Å²) in [6, 6.07) is 0.661. The predicted octanol–water partition coefficient (Wildman–Crippen LogP) is 1.82. The topological polar surface area (TPSA) is 30.5 Å². The normalized spacial score (nSPS) is 20.4. The van der Waals surface area contributed by atoms with Crippen molar-refractivity contribution in [3.8, 4) is 0 Å². The van der Waals surface area contributed by atoms with E-state index in [1.807, 2.05) is 0 Å². The second-order valence-electron chi connectivity index (χ2n) is 4.25. The summed E-state index contributed by atoms with van der Waals surface area (Å²) in [5.41, 5.74) is 0. The molecule has 3 heteroatoms. The van der Waals surface area contributed by atoms with Crippen molar-refractivity contribution in [1.82, 2.24) is 5.32 Å². The van der Waals surface area contributed by atoms with Gasteiger partial charge in [0.1, 0.15) is 0 Å². The molecule has 0 saturated carbocycles. The van der Waals surface area contributed by atoms with Crippen LogP contribution in [0, 0.1) is 5.92 Å². The number of ether oxygens (including phenoxy) is 2. The SMILES string of the molecule is CCNC(CCCOC)C1CCOCC1. The Morgan fingerprint density at radius 3 is 2.73 bits per heavy atom. The number of hydrogen-bond donors (Lipinski definition) is 1. The van der Waals surface area contributed by atoms with Crippen molar-refractivity contribution in [1.29, 1.82) is 0 Å². The molecule has 0 aliphatic carbocycles. The van der Waals surface area contributed by atoms with Crippen molar-refractivity contribution in [2.24, 2.45) is 5.92 Å². The van der Waals surface area contributed by atoms with Crippen LogP contribution >= 0.6 is 0 Å². The molecule has 0 bridgehead atoms. The Morgan fingerprint density at radius 1 is 1.40 bits per heavy atom. The van der Waals surface area contributed by atoms with Crippen molar-refractivity contribution < 1.29 is 9.47 Å². The Labute approximate surface area is 93.5 Å². The van der Waals surface area contributed by atoms with Crippen LogP contribution in [0.1, 0.15) is 32.6 Å². The highest BCUT2D eigenvalue weighted by atomic mass is 16.5. The summed E-state index contributed by atoms with van der Waals surface area (Å²) in [4.78, 5) is 0. The third-order valence-electron chi connectivity index (χ3n) is 3.16. The monoisotopic (exact) mass is 215 g/mol. The number of rotatable bonds is 7. The van der Waals surface area contributed by atoms with Crippen LogP contribution < -0.4 is 5.32 Å². The summed E-state index contributed by atoms with van der Waals surface area (Å²) in [6.45, 7) is 6.01.